The summed E-state index contributed by atoms with van der Waals surface area (Å²) in [5, 5.41) is 5.81. The first-order valence-electron chi connectivity index (χ1n) is 7.05. The highest BCUT2D eigenvalue weighted by Crippen LogP contribution is 2.25. The fourth-order valence-electron chi connectivity index (χ4n) is 2.32. The van der Waals surface area contributed by atoms with Crippen molar-refractivity contribution in [3.8, 4) is 0 Å². The lowest BCUT2D eigenvalue weighted by molar-refractivity contribution is -0.132. The molecule has 0 unspecified atom stereocenters. The van der Waals surface area contributed by atoms with Crippen molar-refractivity contribution in [3.05, 3.63) is 0 Å². The number of nitrogens with one attached hydrogen (secondary N) is 2. The zero-order valence-electron chi connectivity index (χ0n) is 13.3. The third-order valence-corrected chi connectivity index (χ3v) is 3.88. The van der Waals surface area contributed by atoms with Crippen LogP contribution in [0.5, 0.6) is 0 Å². The molecule has 9 heteroatoms. The molecule has 2 N–H and O–H groups in total. The van der Waals surface area contributed by atoms with E-state index in [0.717, 1.165) is 12.8 Å². The van der Waals surface area contributed by atoms with E-state index in [9.17, 15) is 13.2 Å². The van der Waals surface area contributed by atoms with E-state index in [2.05, 4.69) is 20.5 Å². The van der Waals surface area contributed by atoms with E-state index in [4.69, 9.17) is 4.74 Å². The van der Waals surface area contributed by atoms with Gasteiger partial charge in [0, 0.05) is 38.9 Å². The van der Waals surface area contributed by atoms with Gasteiger partial charge in [-0.2, -0.15) is 13.2 Å². The quantitative estimate of drug-likeness (QED) is 0.391. The lowest BCUT2D eigenvalue weighted by Gasteiger charge is -2.43. The molecule has 5 nitrogen and oxygen atoms in total. The van der Waals surface area contributed by atoms with Crippen LogP contribution in [0.3, 0.4) is 0 Å². The molecule has 0 bridgehead atoms. The summed E-state index contributed by atoms with van der Waals surface area (Å²) in [4.78, 5) is 6.10. The van der Waals surface area contributed by atoms with Gasteiger partial charge < -0.3 is 20.3 Å². The SMILES string of the molecule is CN=C(NCCC(F)(F)F)NCC1(N(C)C)CCOCC1.I. The summed E-state index contributed by atoms with van der Waals surface area (Å²) in [6.07, 6.45) is -3.27. The molecule has 0 aliphatic carbocycles. The van der Waals surface area contributed by atoms with Crippen molar-refractivity contribution >= 4 is 29.9 Å². The second-order valence-electron chi connectivity index (χ2n) is 5.45. The van der Waals surface area contributed by atoms with Crippen LogP contribution in [0.2, 0.25) is 0 Å². The van der Waals surface area contributed by atoms with Crippen LogP contribution in [0.25, 0.3) is 0 Å². The highest BCUT2D eigenvalue weighted by Gasteiger charge is 2.35. The molecule has 0 radical (unpaired) electrons. The van der Waals surface area contributed by atoms with Gasteiger partial charge in [-0.15, -0.1) is 24.0 Å². The largest absolute Gasteiger partial charge is 0.390 e. The zero-order chi connectivity index (χ0) is 15.9. The van der Waals surface area contributed by atoms with Gasteiger partial charge in [-0.1, -0.05) is 0 Å². The van der Waals surface area contributed by atoms with Crippen molar-refractivity contribution in [2.45, 2.75) is 31.0 Å². The minimum Gasteiger partial charge on any atom is -0.381 e. The van der Waals surface area contributed by atoms with Crippen LogP contribution in [-0.2, 0) is 4.74 Å². The highest BCUT2D eigenvalue weighted by atomic mass is 127. The van der Waals surface area contributed by atoms with Crippen LogP contribution >= 0.6 is 24.0 Å². The molecule has 0 amide bonds. The number of likely N-dealkylation sites (N-methyl/N-ethyl adjacent to an activating group) is 1. The van der Waals surface area contributed by atoms with Gasteiger partial charge in [0.1, 0.15) is 0 Å². The number of ether oxygens (including phenoxy) is 1. The maximum atomic E-state index is 12.1. The summed E-state index contributed by atoms with van der Waals surface area (Å²) in [6.45, 7) is 1.83. The fourth-order valence-corrected chi connectivity index (χ4v) is 2.32. The van der Waals surface area contributed by atoms with Crippen molar-refractivity contribution in [2.24, 2.45) is 4.99 Å². The van der Waals surface area contributed by atoms with Gasteiger partial charge in [0.15, 0.2) is 5.96 Å². The number of nitrogens with zero attached hydrogens (tertiary/aromatic N) is 2. The van der Waals surface area contributed by atoms with Gasteiger partial charge in [0.2, 0.25) is 0 Å². The van der Waals surface area contributed by atoms with E-state index >= 15 is 0 Å². The standard InChI is InChI=1S/C13H25F3N4O.HI/c1-17-11(18-7-4-13(14,15)16)19-10-12(20(2)3)5-8-21-9-6-12;/h4-10H2,1-3H3,(H2,17,18,19);1H. The second-order valence-corrected chi connectivity index (χ2v) is 5.45. The average molecular weight is 438 g/mol. The number of aliphatic imine (C=N–C) groups is 1. The van der Waals surface area contributed by atoms with Crippen molar-refractivity contribution in [2.75, 3.05) is 47.4 Å². The summed E-state index contributed by atoms with van der Waals surface area (Å²) in [5.74, 6) is 0.395. The Labute approximate surface area is 147 Å². The zero-order valence-corrected chi connectivity index (χ0v) is 15.6. The van der Waals surface area contributed by atoms with E-state index in [1.807, 2.05) is 14.1 Å². The van der Waals surface area contributed by atoms with E-state index in [1.54, 1.807) is 7.05 Å². The molecule has 0 spiro atoms. The van der Waals surface area contributed by atoms with E-state index in [0.29, 0.717) is 25.7 Å². The Kier molecular flexibility index (Phi) is 9.63. The predicted octanol–water partition coefficient (Wildman–Crippen LogP) is 1.83. The normalized spacial score (nSPS) is 18.8. The molecular formula is C13H26F3IN4O. The highest BCUT2D eigenvalue weighted by molar-refractivity contribution is 14.0. The summed E-state index contributed by atoms with van der Waals surface area (Å²) in [7, 11) is 5.56. The van der Waals surface area contributed by atoms with Crippen molar-refractivity contribution in [1.82, 2.24) is 15.5 Å². The molecule has 1 fully saturated rings. The molecule has 132 valence electrons. The lowest BCUT2D eigenvalue weighted by atomic mass is 9.88. The van der Waals surface area contributed by atoms with Gasteiger partial charge in [-0.3, -0.25) is 4.99 Å². The third kappa shape index (κ3) is 7.32. The smallest absolute Gasteiger partial charge is 0.381 e. The minimum atomic E-state index is -4.16. The van der Waals surface area contributed by atoms with Crippen molar-refractivity contribution in [1.29, 1.82) is 0 Å². The summed E-state index contributed by atoms with van der Waals surface area (Å²) >= 11 is 0. The Morgan fingerprint density at radius 2 is 1.82 bits per heavy atom. The van der Waals surface area contributed by atoms with E-state index in [-0.39, 0.29) is 36.1 Å². The maximum absolute atomic E-state index is 12.1. The van der Waals surface area contributed by atoms with Gasteiger partial charge in [0.25, 0.3) is 0 Å². The summed E-state index contributed by atoms with van der Waals surface area (Å²) < 4.78 is 41.8. The number of halogens is 4. The molecule has 0 atom stereocenters. The first kappa shape index (κ1) is 21.7. The van der Waals surface area contributed by atoms with Crippen LogP contribution in [0.4, 0.5) is 13.2 Å². The van der Waals surface area contributed by atoms with Crippen LogP contribution in [0.1, 0.15) is 19.3 Å². The van der Waals surface area contributed by atoms with Gasteiger partial charge in [-0.25, -0.2) is 0 Å². The topological polar surface area (TPSA) is 48.9 Å². The Bertz CT molecular complexity index is 345. The maximum Gasteiger partial charge on any atom is 0.390 e. The van der Waals surface area contributed by atoms with Crippen LogP contribution < -0.4 is 10.6 Å². The number of hydrogen-bond donors (Lipinski definition) is 2. The van der Waals surface area contributed by atoms with Crippen molar-refractivity contribution in [3.63, 3.8) is 0 Å². The summed E-state index contributed by atoms with van der Waals surface area (Å²) in [6, 6.07) is 0. The first-order chi connectivity index (χ1) is 9.79. The third-order valence-electron chi connectivity index (χ3n) is 3.88. The number of alkyl halides is 3. The van der Waals surface area contributed by atoms with Crippen molar-refractivity contribution < 1.29 is 17.9 Å². The van der Waals surface area contributed by atoms with Gasteiger partial charge in [0.05, 0.1) is 6.42 Å². The van der Waals surface area contributed by atoms with E-state index in [1.165, 1.54) is 0 Å². The first-order valence-corrected chi connectivity index (χ1v) is 7.05. The molecular weight excluding hydrogens is 412 g/mol. The monoisotopic (exact) mass is 438 g/mol. The average Bonchev–Trinajstić information content (AvgIpc) is 2.42. The Morgan fingerprint density at radius 1 is 1.23 bits per heavy atom. The molecule has 1 aliphatic heterocycles. The molecule has 1 aliphatic rings. The van der Waals surface area contributed by atoms with Crippen LogP contribution in [0.15, 0.2) is 4.99 Å². The molecule has 22 heavy (non-hydrogen) atoms. The van der Waals surface area contributed by atoms with Crippen LogP contribution in [0, 0.1) is 0 Å². The van der Waals surface area contributed by atoms with Crippen LogP contribution in [-0.4, -0.2) is 70.0 Å². The predicted molar refractivity (Wildman–Crippen MR) is 91.9 cm³/mol. The molecule has 0 aromatic rings. The fraction of sp³-hybridized carbons (Fsp3) is 0.923. The van der Waals surface area contributed by atoms with Gasteiger partial charge in [-0.05, 0) is 26.9 Å². The minimum absolute atomic E-state index is 0. The lowest BCUT2D eigenvalue weighted by Crippen LogP contribution is -2.57. The Balaban J connectivity index is 0.00000441. The Hall–Kier alpha value is -0.290. The number of hydrogen-bond acceptors (Lipinski definition) is 3. The molecule has 0 aromatic heterocycles. The van der Waals surface area contributed by atoms with E-state index < -0.39 is 12.6 Å². The van der Waals surface area contributed by atoms with Gasteiger partial charge >= 0.3 is 6.18 Å². The molecule has 1 rings (SSSR count). The molecule has 1 heterocycles. The Morgan fingerprint density at radius 3 is 2.27 bits per heavy atom. The molecule has 0 aromatic carbocycles. The molecule has 1 saturated heterocycles. The molecule has 0 saturated carbocycles. The number of guanidine groups is 1. The number of rotatable bonds is 5. The summed E-state index contributed by atoms with van der Waals surface area (Å²) in [5.41, 5.74) is -0.0557. The second kappa shape index (κ2) is 9.76.